The Morgan fingerprint density at radius 2 is 1.53 bits per heavy atom. The van der Waals surface area contributed by atoms with Gasteiger partial charge in [0.25, 0.3) is 0 Å². The van der Waals surface area contributed by atoms with Gasteiger partial charge in [0.15, 0.2) is 0 Å². The van der Waals surface area contributed by atoms with Crippen molar-refractivity contribution in [2.24, 2.45) is 0 Å². The summed E-state index contributed by atoms with van der Waals surface area (Å²) in [6.45, 7) is 15.6. The van der Waals surface area contributed by atoms with E-state index in [-0.39, 0.29) is 10.8 Å². The Morgan fingerprint density at radius 1 is 0.895 bits per heavy atom. The number of hydrogen-bond acceptors (Lipinski definition) is 1. The van der Waals surface area contributed by atoms with Crippen molar-refractivity contribution >= 4 is 10.9 Å². The van der Waals surface area contributed by atoms with Crippen LogP contribution in [0.5, 0.6) is 0 Å². The van der Waals surface area contributed by atoms with Crippen LogP contribution in [-0.2, 0) is 10.8 Å². The molecule has 0 atom stereocenters. The van der Waals surface area contributed by atoms with Gasteiger partial charge in [0.05, 0.1) is 5.52 Å². The van der Waals surface area contributed by atoms with Crippen LogP contribution in [-0.4, -0.2) is 4.98 Å². The highest BCUT2D eigenvalue weighted by atomic mass is 14.7. The fraction of sp³-hybridized carbons (Fsp3) is 0.500. The molecule has 1 nitrogen and oxygen atoms in total. The van der Waals surface area contributed by atoms with Crippen LogP contribution < -0.4 is 0 Å². The molecule has 0 fully saturated rings. The molecule has 1 aromatic heterocycles. The SMILES string of the molecule is Cc1cc2c(C(C)(C)C)cccc2nc1C(C)(C)C. The fourth-order valence-corrected chi connectivity index (χ4v) is 2.71. The van der Waals surface area contributed by atoms with E-state index in [0.717, 1.165) is 5.52 Å². The topological polar surface area (TPSA) is 12.9 Å². The van der Waals surface area contributed by atoms with E-state index in [1.54, 1.807) is 0 Å². The van der Waals surface area contributed by atoms with Gasteiger partial charge >= 0.3 is 0 Å². The summed E-state index contributed by atoms with van der Waals surface area (Å²) in [6, 6.07) is 8.78. The van der Waals surface area contributed by atoms with Gasteiger partial charge in [-0.05, 0) is 35.6 Å². The second-order valence-electron chi connectivity index (χ2n) is 7.53. The molecule has 19 heavy (non-hydrogen) atoms. The Balaban J connectivity index is 2.79. The lowest BCUT2D eigenvalue weighted by atomic mass is 9.83. The van der Waals surface area contributed by atoms with E-state index >= 15 is 0 Å². The van der Waals surface area contributed by atoms with Crippen LogP contribution >= 0.6 is 0 Å². The van der Waals surface area contributed by atoms with E-state index in [9.17, 15) is 0 Å². The van der Waals surface area contributed by atoms with Gasteiger partial charge in [-0.3, -0.25) is 4.98 Å². The molecule has 0 aliphatic heterocycles. The van der Waals surface area contributed by atoms with E-state index in [1.165, 1.54) is 22.2 Å². The third kappa shape index (κ3) is 2.65. The van der Waals surface area contributed by atoms with Crippen LogP contribution in [0.1, 0.15) is 58.4 Å². The minimum absolute atomic E-state index is 0.0933. The summed E-state index contributed by atoms with van der Waals surface area (Å²) in [4.78, 5) is 4.92. The molecule has 2 aromatic rings. The number of fused-ring (bicyclic) bond motifs is 1. The van der Waals surface area contributed by atoms with Crippen LogP contribution in [0.15, 0.2) is 24.3 Å². The Bertz CT molecular complexity index is 610. The van der Waals surface area contributed by atoms with Crippen LogP contribution in [0, 0.1) is 6.92 Å². The number of hydrogen-bond donors (Lipinski definition) is 0. The zero-order valence-electron chi connectivity index (χ0n) is 13.3. The molecule has 0 bridgehead atoms. The Kier molecular flexibility index (Phi) is 3.20. The predicted octanol–water partition coefficient (Wildman–Crippen LogP) is 5.14. The second kappa shape index (κ2) is 4.33. The zero-order valence-corrected chi connectivity index (χ0v) is 13.3. The number of aryl methyl sites for hydroxylation is 1. The van der Waals surface area contributed by atoms with E-state index in [0.29, 0.717) is 0 Å². The lowest BCUT2D eigenvalue weighted by Gasteiger charge is -2.24. The van der Waals surface area contributed by atoms with E-state index < -0.39 is 0 Å². The average Bonchev–Trinajstić information content (AvgIpc) is 2.24. The summed E-state index contributed by atoms with van der Waals surface area (Å²) < 4.78 is 0. The smallest absolute Gasteiger partial charge is 0.0708 e. The molecule has 0 spiro atoms. The maximum absolute atomic E-state index is 4.92. The number of benzene rings is 1. The minimum atomic E-state index is 0.0933. The Hall–Kier alpha value is -1.37. The summed E-state index contributed by atoms with van der Waals surface area (Å²) in [5.41, 5.74) is 5.22. The maximum Gasteiger partial charge on any atom is 0.0708 e. The van der Waals surface area contributed by atoms with Crippen LogP contribution in [0.3, 0.4) is 0 Å². The second-order valence-corrected chi connectivity index (χ2v) is 7.53. The fourth-order valence-electron chi connectivity index (χ4n) is 2.71. The van der Waals surface area contributed by atoms with Crippen molar-refractivity contribution in [1.29, 1.82) is 0 Å². The zero-order chi connectivity index (χ0) is 14.4. The molecule has 1 heteroatoms. The van der Waals surface area contributed by atoms with Gasteiger partial charge in [-0.25, -0.2) is 0 Å². The van der Waals surface area contributed by atoms with Crippen molar-refractivity contribution < 1.29 is 0 Å². The molecule has 0 N–H and O–H groups in total. The lowest BCUT2D eigenvalue weighted by molar-refractivity contribution is 0.566. The number of pyridine rings is 1. The average molecular weight is 255 g/mol. The minimum Gasteiger partial charge on any atom is -0.252 e. The van der Waals surface area contributed by atoms with Gasteiger partial charge in [-0.1, -0.05) is 53.7 Å². The summed E-state index contributed by atoms with van der Waals surface area (Å²) in [7, 11) is 0. The molecule has 2 rings (SSSR count). The van der Waals surface area contributed by atoms with Gasteiger partial charge in [0, 0.05) is 16.5 Å². The summed E-state index contributed by atoms with van der Waals surface area (Å²) in [5.74, 6) is 0. The quantitative estimate of drug-likeness (QED) is 0.635. The maximum atomic E-state index is 4.92. The first kappa shape index (κ1) is 14.0. The summed E-state index contributed by atoms with van der Waals surface area (Å²) >= 11 is 0. The van der Waals surface area contributed by atoms with E-state index in [4.69, 9.17) is 4.98 Å². The van der Waals surface area contributed by atoms with Crippen molar-refractivity contribution in [3.63, 3.8) is 0 Å². The van der Waals surface area contributed by atoms with Crippen molar-refractivity contribution in [1.82, 2.24) is 4.98 Å². The highest BCUT2D eigenvalue weighted by Gasteiger charge is 2.21. The molecule has 1 heterocycles. The number of aromatic nitrogens is 1. The first-order valence-electron chi connectivity index (χ1n) is 7.02. The normalized spacial score (nSPS) is 13.0. The first-order valence-corrected chi connectivity index (χ1v) is 7.02. The van der Waals surface area contributed by atoms with Gasteiger partial charge < -0.3 is 0 Å². The Labute approximate surface area is 117 Å². The molecule has 0 unspecified atom stereocenters. The molecule has 0 radical (unpaired) electrons. The van der Waals surface area contributed by atoms with Gasteiger partial charge in [0.1, 0.15) is 0 Å². The van der Waals surface area contributed by atoms with Crippen molar-refractivity contribution in [3.05, 3.63) is 41.1 Å². The standard InChI is InChI=1S/C18H25N/c1-12-11-13-14(17(2,3)4)9-8-10-15(13)19-16(12)18(5,6)7/h8-11H,1-7H3. The van der Waals surface area contributed by atoms with Crippen LogP contribution in [0.2, 0.25) is 0 Å². The molecule has 0 saturated heterocycles. The van der Waals surface area contributed by atoms with Gasteiger partial charge in [0.2, 0.25) is 0 Å². The summed E-state index contributed by atoms with van der Waals surface area (Å²) in [6.07, 6.45) is 0. The molecular weight excluding hydrogens is 230 g/mol. The predicted molar refractivity (Wildman–Crippen MR) is 83.9 cm³/mol. The number of nitrogens with zero attached hydrogens (tertiary/aromatic N) is 1. The number of rotatable bonds is 0. The lowest BCUT2D eigenvalue weighted by Crippen LogP contribution is -2.17. The Morgan fingerprint density at radius 3 is 2.05 bits per heavy atom. The highest BCUT2D eigenvalue weighted by Crippen LogP contribution is 2.32. The largest absolute Gasteiger partial charge is 0.252 e. The van der Waals surface area contributed by atoms with E-state index in [2.05, 4.69) is 72.7 Å². The van der Waals surface area contributed by atoms with Gasteiger partial charge in [-0.2, -0.15) is 0 Å². The van der Waals surface area contributed by atoms with Crippen molar-refractivity contribution in [2.45, 2.75) is 59.3 Å². The third-order valence-corrected chi connectivity index (χ3v) is 3.57. The van der Waals surface area contributed by atoms with E-state index in [1.807, 2.05) is 0 Å². The van der Waals surface area contributed by atoms with Crippen molar-refractivity contribution in [3.8, 4) is 0 Å². The molecule has 0 amide bonds. The highest BCUT2D eigenvalue weighted by molar-refractivity contribution is 5.84. The molecule has 1 aromatic carbocycles. The van der Waals surface area contributed by atoms with Gasteiger partial charge in [-0.15, -0.1) is 0 Å². The first-order chi connectivity index (χ1) is 8.60. The molecule has 0 aliphatic rings. The molecule has 0 saturated carbocycles. The van der Waals surface area contributed by atoms with Crippen LogP contribution in [0.4, 0.5) is 0 Å². The molecule has 102 valence electrons. The molecule has 0 aliphatic carbocycles. The summed E-state index contributed by atoms with van der Waals surface area (Å²) in [5, 5.41) is 1.29. The molecular formula is C18H25N. The third-order valence-electron chi connectivity index (χ3n) is 3.57. The van der Waals surface area contributed by atoms with Crippen LogP contribution in [0.25, 0.3) is 10.9 Å². The van der Waals surface area contributed by atoms with Crippen molar-refractivity contribution in [2.75, 3.05) is 0 Å². The monoisotopic (exact) mass is 255 g/mol.